The molecule has 0 bridgehead atoms. The minimum absolute atomic E-state index is 0.204. The maximum atomic E-state index is 12.5. The molecule has 0 saturated heterocycles. The molecule has 144 valence electrons. The van der Waals surface area contributed by atoms with Crippen LogP contribution in [-0.4, -0.2) is 24.6 Å². The van der Waals surface area contributed by atoms with Gasteiger partial charge in [0.05, 0.1) is 17.2 Å². The van der Waals surface area contributed by atoms with Gasteiger partial charge >= 0.3 is 5.97 Å². The minimum atomic E-state index is -0.716. The van der Waals surface area contributed by atoms with Crippen LogP contribution in [0.4, 0.5) is 5.69 Å². The normalized spacial score (nSPS) is 11.8. The molecule has 1 atom stereocenters. The first-order valence-corrected chi connectivity index (χ1v) is 9.24. The zero-order valence-electron chi connectivity index (χ0n) is 15.9. The van der Waals surface area contributed by atoms with E-state index in [9.17, 15) is 9.59 Å². The first kappa shape index (κ1) is 20.8. The highest BCUT2D eigenvalue weighted by molar-refractivity contribution is 6.33. The zero-order valence-corrected chi connectivity index (χ0v) is 16.7. The average molecular weight is 390 g/mol. The molecular formula is C21H24ClNO4. The number of para-hydroxylation sites is 1. The Morgan fingerprint density at radius 1 is 1.11 bits per heavy atom. The summed E-state index contributed by atoms with van der Waals surface area (Å²) in [7, 11) is 0. The molecule has 27 heavy (non-hydrogen) atoms. The van der Waals surface area contributed by atoms with Crippen LogP contribution in [0.1, 0.15) is 49.5 Å². The highest BCUT2D eigenvalue weighted by atomic mass is 35.5. The Morgan fingerprint density at radius 2 is 1.81 bits per heavy atom. The number of esters is 1. The van der Waals surface area contributed by atoms with Crippen LogP contribution in [-0.2, 0) is 9.53 Å². The van der Waals surface area contributed by atoms with E-state index in [0.717, 1.165) is 5.56 Å². The molecule has 1 N–H and O–H groups in total. The number of anilines is 1. The number of carbonyl (C=O) groups excluding carboxylic acids is 2. The third-order valence-electron chi connectivity index (χ3n) is 3.94. The topological polar surface area (TPSA) is 64.6 Å². The summed E-state index contributed by atoms with van der Waals surface area (Å²) in [6.45, 7) is 7.76. The summed E-state index contributed by atoms with van der Waals surface area (Å²) < 4.78 is 10.8. The van der Waals surface area contributed by atoms with Crippen molar-refractivity contribution in [3.8, 4) is 5.75 Å². The van der Waals surface area contributed by atoms with Gasteiger partial charge in [-0.25, -0.2) is 4.79 Å². The molecule has 2 rings (SSSR count). The van der Waals surface area contributed by atoms with Gasteiger partial charge in [0.25, 0.3) is 5.91 Å². The second kappa shape index (κ2) is 9.42. The van der Waals surface area contributed by atoms with E-state index in [-0.39, 0.29) is 29.0 Å². The predicted octanol–water partition coefficient (Wildman–Crippen LogP) is 5.05. The average Bonchev–Trinajstić information content (AvgIpc) is 2.63. The summed E-state index contributed by atoms with van der Waals surface area (Å²) in [6.07, 6.45) is -0.716. The van der Waals surface area contributed by atoms with Crippen LogP contribution in [0.5, 0.6) is 5.75 Å². The van der Waals surface area contributed by atoms with Crippen molar-refractivity contribution in [1.29, 1.82) is 0 Å². The fraction of sp³-hybridized carbons (Fsp3) is 0.333. The van der Waals surface area contributed by atoms with Gasteiger partial charge in [0.1, 0.15) is 5.75 Å². The molecule has 6 heteroatoms. The molecule has 0 aliphatic rings. The molecule has 2 aromatic carbocycles. The largest absolute Gasteiger partial charge is 0.481 e. The van der Waals surface area contributed by atoms with E-state index in [1.165, 1.54) is 6.07 Å². The van der Waals surface area contributed by atoms with E-state index in [4.69, 9.17) is 21.1 Å². The van der Waals surface area contributed by atoms with Crippen LogP contribution >= 0.6 is 11.6 Å². The molecule has 0 aliphatic heterocycles. The van der Waals surface area contributed by atoms with Gasteiger partial charge in [-0.1, -0.05) is 43.6 Å². The van der Waals surface area contributed by atoms with Crippen molar-refractivity contribution < 1.29 is 19.1 Å². The lowest BCUT2D eigenvalue weighted by Crippen LogP contribution is -2.30. The van der Waals surface area contributed by atoms with Gasteiger partial charge in [-0.2, -0.15) is 0 Å². The van der Waals surface area contributed by atoms with Gasteiger partial charge in [0.15, 0.2) is 6.10 Å². The van der Waals surface area contributed by atoms with Crippen LogP contribution in [0.25, 0.3) is 0 Å². The van der Waals surface area contributed by atoms with E-state index < -0.39 is 12.1 Å². The molecule has 5 nitrogen and oxygen atoms in total. The van der Waals surface area contributed by atoms with Crippen molar-refractivity contribution in [1.82, 2.24) is 0 Å². The van der Waals surface area contributed by atoms with E-state index in [0.29, 0.717) is 11.4 Å². The molecule has 0 aliphatic carbocycles. The molecule has 1 amide bonds. The molecule has 2 aromatic rings. The number of hydrogen-bond donors (Lipinski definition) is 1. The number of rotatable bonds is 7. The van der Waals surface area contributed by atoms with Crippen molar-refractivity contribution in [2.45, 2.75) is 39.7 Å². The zero-order chi connectivity index (χ0) is 20.0. The van der Waals surface area contributed by atoms with Crippen LogP contribution in [0.3, 0.4) is 0 Å². The number of carbonyl (C=O) groups is 2. The number of hydrogen-bond acceptors (Lipinski definition) is 4. The number of benzene rings is 2. The Kier molecular flexibility index (Phi) is 7.25. The fourth-order valence-corrected chi connectivity index (χ4v) is 2.72. The van der Waals surface area contributed by atoms with Crippen LogP contribution in [0.2, 0.25) is 5.02 Å². The lowest BCUT2D eigenvalue weighted by atomic mass is 10.0. The monoisotopic (exact) mass is 389 g/mol. The number of ether oxygens (including phenoxy) is 2. The van der Waals surface area contributed by atoms with Gasteiger partial charge < -0.3 is 14.8 Å². The van der Waals surface area contributed by atoms with Gasteiger partial charge in [0, 0.05) is 5.69 Å². The number of nitrogens with one attached hydrogen (secondary N) is 1. The summed E-state index contributed by atoms with van der Waals surface area (Å²) >= 11 is 6.04. The van der Waals surface area contributed by atoms with Crippen molar-refractivity contribution in [2.75, 3.05) is 11.9 Å². The molecule has 0 fully saturated rings. The van der Waals surface area contributed by atoms with Gasteiger partial charge in [0.2, 0.25) is 0 Å². The highest BCUT2D eigenvalue weighted by Gasteiger charge is 2.19. The summed E-state index contributed by atoms with van der Waals surface area (Å²) in [5.41, 5.74) is 1.68. The molecule has 0 heterocycles. The van der Waals surface area contributed by atoms with Crippen molar-refractivity contribution in [3.05, 3.63) is 58.6 Å². The Labute approximate surface area is 164 Å². The Balaban J connectivity index is 2.11. The van der Waals surface area contributed by atoms with Crippen LogP contribution in [0.15, 0.2) is 42.5 Å². The Bertz CT molecular complexity index is 820. The van der Waals surface area contributed by atoms with E-state index in [1.54, 1.807) is 26.0 Å². The van der Waals surface area contributed by atoms with Crippen molar-refractivity contribution >= 4 is 29.2 Å². The smallest absolute Gasteiger partial charge is 0.339 e. The molecule has 0 unspecified atom stereocenters. The third kappa shape index (κ3) is 5.47. The summed E-state index contributed by atoms with van der Waals surface area (Å²) in [5, 5.41) is 3.01. The Hall–Kier alpha value is -2.53. The second-order valence-electron chi connectivity index (χ2n) is 6.36. The quantitative estimate of drug-likeness (QED) is 0.673. The van der Waals surface area contributed by atoms with Crippen molar-refractivity contribution in [3.63, 3.8) is 0 Å². The lowest BCUT2D eigenvalue weighted by Gasteiger charge is -2.19. The standard InChI is InChI=1S/C21H24ClNO4/c1-5-26-21(25)17-12-15(10-11-18(17)22)23-20(24)14(4)27-19-9-7-6-8-16(19)13(2)3/h6-14H,5H2,1-4H3,(H,23,24)/t14-/m1/s1. The van der Waals surface area contributed by atoms with Gasteiger partial charge in [-0.05, 0) is 49.6 Å². The van der Waals surface area contributed by atoms with Crippen LogP contribution < -0.4 is 10.1 Å². The van der Waals surface area contributed by atoms with Crippen molar-refractivity contribution in [2.24, 2.45) is 0 Å². The third-order valence-corrected chi connectivity index (χ3v) is 4.27. The predicted molar refractivity (Wildman–Crippen MR) is 107 cm³/mol. The van der Waals surface area contributed by atoms with Gasteiger partial charge in [-0.3, -0.25) is 4.79 Å². The number of amides is 1. The SMILES string of the molecule is CCOC(=O)c1cc(NC(=O)[C@@H](C)Oc2ccccc2C(C)C)ccc1Cl. The van der Waals surface area contributed by atoms with E-state index in [2.05, 4.69) is 19.2 Å². The number of halogens is 1. The minimum Gasteiger partial charge on any atom is -0.481 e. The summed E-state index contributed by atoms with van der Waals surface area (Å²) in [5.74, 6) is 0.0952. The van der Waals surface area contributed by atoms with E-state index >= 15 is 0 Å². The fourth-order valence-electron chi connectivity index (χ4n) is 2.52. The van der Waals surface area contributed by atoms with Gasteiger partial charge in [-0.15, -0.1) is 0 Å². The molecule has 0 aromatic heterocycles. The van der Waals surface area contributed by atoms with Crippen LogP contribution in [0, 0.1) is 0 Å². The summed E-state index contributed by atoms with van der Waals surface area (Å²) in [4.78, 5) is 24.4. The van der Waals surface area contributed by atoms with E-state index in [1.807, 2.05) is 24.3 Å². The molecule has 0 radical (unpaired) electrons. The second-order valence-corrected chi connectivity index (χ2v) is 6.76. The summed E-state index contributed by atoms with van der Waals surface area (Å²) in [6, 6.07) is 12.3. The Morgan fingerprint density at radius 3 is 2.48 bits per heavy atom. The highest BCUT2D eigenvalue weighted by Crippen LogP contribution is 2.27. The maximum Gasteiger partial charge on any atom is 0.339 e. The lowest BCUT2D eigenvalue weighted by molar-refractivity contribution is -0.122. The first-order valence-electron chi connectivity index (χ1n) is 8.86. The first-order chi connectivity index (χ1) is 12.8. The molecule has 0 saturated carbocycles. The maximum absolute atomic E-state index is 12.5. The molecular weight excluding hydrogens is 366 g/mol. The molecule has 0 spiro atoms.